The minimum absolute atomic E-state index is 0.123. The smallest absolute Gasteiger partial charge is 0.262 e. The maximum atomic E-state index is 12.6. The summed E-state index contributed by atoms with van der Waals surface area (Å²) in [5, 5.41) is 5.85. The van der Waals surface area contributed by atoms with E-state index in [9.17, 15) is 4.79 Å². The number of ether oxygens (including phenoxy) is 1. The molecule has 2 aromatic heterocycles. The highest BCUT2D eigenvalue weighted by Crippen LogP contribution is 2.37. The molecule has 0 atom stereocenters. The van der Waals surface area contributed by atoms with Crippen LogP contribution in [0.3, 0.4) is 0 Å². The van der Waals surface area contributed by atoms with E-state index in [1.165, 1.54) is 28.8 Å². The largest absolute Gasteiger partial charge is 0.467 e. The molecule has 1 N–H and O–H groups in total. The van der Waals surface area contributed by atoms with Gasteiger partial charge in [-0.3, -0.25) is 4.79 Å². The summed E-state index contributed by atoms with van der Waals surface area (Å²) in [6, 6.07) is 12.4. The zero-order valence-electron chi connectivity index (χ0n) is 17.4. The molecular weight excluding hydrogens is 394 g/mol. The molecule has 0 radical (unpaired) electrons. The number of rotatable bonds is 5. The van der Waals surface area contributed by atoms with Crippen molar-refractivity contribution in [1.29, 1.82) is 0 Å². The van der Waals surface area contributed by atoms with Gasteiger partial charge < -0.3 is 10.1 Å². The lowest BCUT2D eigenvalue weighted by Crippen LogP contribution is -2.21. The van der Waals surface area contributed by atoms with Gasteiger partial charge >= 0.3 is 0 Å². The fraction of sp³-hybridized carbons (Fsp3) is 0.208. The molecule has 2 aromatic carbocycles. The first kappa shape index (κ1) is 20.0. The fourth-order valence-electron chi connectivity index (χ4n) is 3.59. The Morgan fingerprint density at radius 2 is 1.70 bits per heavy atom. The number of carbonyl (C=O) groups is 1. The normalized spacial score (nSPS) is 10.9. The Labute approximate surface area is 179 Å². The first-order valence-corrected chi connectivity index (χ1v) is 10.6. The van der Waals surface area contributed by atoms with Crippen molar-refractivity contribution in [2.45, 2.75) is 27.7 Å². The van der Waals surface area contributed by atoms with Crippen LogP contribution >= 0.6 is 11.3 Å². The summed E-state index contributed by atoms with van der Waals surface area (Å²) in [5.41, 5.74) is 7.35. The summed E-state index contributed by atoms with van der Waals surface area (Å²) in [6.45, 7) is 7.96. The van der Waals surface area contributed by atoms with Crippen molar-refractivity contribution in [1.82, 2.24) is 9.97 Å². The Bertz CT molecular complexity index is 1210. The summed E-state index contributed by atoms with van der Waals surface area (Å²) in [4.78, 5) is 22.1. The van der Waals surface area contributed by atoms with Crippen molar-refractivity contribution in [2.24, 2.45) is 0 Å². The number of thiophene rings is 1. The molecule has 0 unspecified atom stereocenters. The first-order chi connectivity index (χ1) is 14.4. The number of hydrogen-bond acceptors (Lipinski definition) is 5. The molecular formula is C24H23N3O2S. The average molecular weight is 418 g/mol. The van der Waals surface area contributed by atoms with Gasteiger partial charge in [0.25, 0.3) is 5.91 Å². The van der Waals surface area contributed by atoms with Crippen LogP contribution in [0.4, 0.5) is 5.69 Å². The molecule has 0 spiro atoms. The van der Waals surface area contributed by atoms with E-state index in [1.54, 1.807) is 0 Å². The van der Waals surface area contributed by atoms with E-state index in [-0.39, 0.29) is 12.5 Å². The van der Waals surface area contributed by atoms with Crippen molar-refractivity contribution < 1.29 is 9.53 Å². The summed E-state index contributed by atoms with van der Waals surface area (Å²) < 4.78 is 5.84. The topological polar surface area (TPSA) is 64.1 Å². The van der Waals surface area contributed by atoms with Gasteiger partial charge in [-0.05, 0) is 44.4 Å². The maximum Gasteiger partial charge on any atom is 0.262 e. The van der Waals surface area contributed by atoms with Crippen molar-refractivity contribution >= 4 is 33.1 Å². The Morgan fingerprint density at radius 3 is 2.40 bits per heavy atom. The third kappa shape index (κ3) is 4.04. The lowest BCUT2D eigenvalue weighted by molar-refractivity contribution is -0.118. The summed E-state index contributed by atoms with van der Waals surface area (Å²) in [6.07, 6.45) is 1.47. The minimum Gasteiger partial charge on any atom is -0.467 e. The molecule has 0 aliphatic rings. The minimum atomic E-state index is -0.219. The standard InChI is InChI=1S/C24H23N3O2S/c1-14-5-7-18(8-6-14)19-12-30-24-21(19)23(25-13-26-24)29-11-20(28)27-22-16(3)9-15(2)10-17(22)4/h5-10,12-13H,11H2,1-4H3,(H,27,28). The van der Waals surface area contributed by atoms with E-state index in [1.807, 2.05) is 20.8 Å². The van der Waals surface area contributed by atoms with Crippen LogP contribution in [0.15, 0.2) is 48.1 Å². The van der Waals surface area contributed by atoms with Gasteiger partial charge in [0.15, 0.2) is 6.61 Å². The molecule has 0 fully saturated rings. The molecule has 0 saturated carbocycles. The quantitative estimate of drug-likeness (QED) is 0.458. The third-order valence-electron chi connectivity index (χ3n) is 4.98. The molecule has 30 heavy (non-hydrogen) atoms. The van der Waals surface area contributed by atoms with Gasteiger partial charge in [-0.15, -0.1) is 11.3 Å². The van der Waals surface area contributed by atoms with Crippen molar-refractivity contribution in [3.63, 3.8) is 0 Å². The Kier molecular flexibility index (Phi) is 5.50. The van der Waals surface area contributed by atoms with Crippen molar-refractivity contribution in [3.05, 3.63) is 70.4 Å². The molecule has 4 rings (SSSR count). The molecule has 0 saturated heterocycles. The number of fused-ring (bicyclic) bond motifs is 1. The van der Waals surface area contributed by atoms with E-state index < -0.39 is 0 Å². The molecule has 0 bridgehead atoms. The second-order valence-electron chi connectivity index (χ2n) is 7.48. The lowest BCUT2D eigenvalue weighted by Gasteiger charge is -2.13. The maximum absolute atomic E-state index is 12.6. The summed E-state index contributed by atoms with van der Waals surface area (Å²) in [5.74, 6) is 0.202. The molecule has 152 valence electrons. The number of aryl methyl sites for hydroxylation is 4. The van der Waals surface area contributed by atoms with Crippen LogP contribution in [-0.2, 0) is 4.79 Å². The summed E-state index contributed by atoms with van der Waals surface area (Å²) >= 11 is 1.54. The van der Waals surface area contributed by atoms with Crippen molar-refractivity contribution in [3.8, 4) is 17.0 Å². The van der Waals surface area contributed by atoms with Crippen molar-refractivity contribution in [2.75, 3.05) is 11.9 Å². The van der Waals surface area contributed by atoms with Gasteiger partial charge in [0.2, 0.25) is 5.88 Å². The van der Waals surface area contributed by atoms with Crippen LogP contribution in [0.25, 0.3) is 21.3 Å². The zero-order chi connectivity index (χ0) is 21.3. The first-order valence-electron chi connectivity index (χ1n) is 9.72. The number of nitrogens with zero attached hydrogens (tertiary/aromatic N) is 2. The predicted molar refractivity (Wildman–Crippen MR) is 122 cm³/mol. The highest BCUT2D eigenvalue weighted by molar-refractivity contribution is 7.17. The van der Waals surface area contributed by atoms with Gasteiger partial charge in [-0.2, -0.15) is 0 Å². The monoisotopic (exact) mass is 417 g/mol. The van der Waals surface area contributed by atoms with E-state index in [0.29, 0.717) is 5.88 Å². The van der Waals surface area contributed by atoms with E-state index in [0.717, 1.165) is 38.2 Å². The second kappa shape index (κ2) is 8.24. The number of amides is 1. The SMILES string of the molecule is Cc1ccc(-c2csc3ncnc(OCC(=O)Nc4c(C)cc(C)cc4C)c23)cc1. The van der Waals surface area contributed by atoms with Crippen LogP contribution in [0, 0.1) is 27.7 Å². The Morgan fingerprint density at radius 1 is 1.00 bits per heavy atom. The van der Waals surface area contributed by atoms with Crippen LogP contribution < -0.4 is 10.1 Å². The van der Waals surface area contributed by atoms with E-state index in [2.05, 4.69) is 64.0 Å². The number of nitrogens with one attached hydrogen (secondary N) is 1. The second-order valence-corrected chi connectivity index (χ2v) is 8.34. The van der Waals surface area contributed by atoms with Gasteiger partial charge in [0, 0.05) is 16.6 Å². The molecule has 0 aliphatic carbocycles. The highest BCUT2D eigenvalue weighted by atomic mass is 32.1. The van der Waals surface area contributed by atoms with Gasteiger partial charge in [0.05, 0.1) is 5.39 Å². The number of aromatic nitrogens is 2. The van der Waals surface area contributed by atoms with E-state index >= 15 is 0 Å². The van der Waals surface area contributed by atoms with E-state index in [4.69, 9.17) is 4.74 Å². The number of anilines is 1. The molecule has 2 heterocycles. The number of carbonyl (C=O) groups excluding carboxylic acids is 1. The van der Waals surface area contributed by atoms with Crippen LogP contribution in [0.1, 0.15) is 22.3 Å². The molecule has 0 aliphatic heterocycles. The molecule has 5 nitrogen and oxygen atoms in total. The molecule has 6 heteroatoms. The van der Waals surface area contributed by atoms with Crippen LogP contribution in [-0.4, -0.2) is 22.5 Å². The van der Waals surface area contributed by atoms with Crippen LogP contribution in [0.5, 0.6) is 5.88 Å². The van der Waals surface area contributed by atoms with Gasteiger partial charge in [0.1, 0.15) is 11.2 Å². The van der Waals surface area contributed by atoms with Gasteiger partial charge in [-0.1, -0.05) is 47.5 Å². The highest BCUT2D eigenvalue weighted by Gasteiger charge is 2.16. The third-order valence-corrected chi connectivity index (χ3v) is 5.87. The average Bonchev–Trinajstić information content (AvgIpc) is 3.14. The fourth-order valence-corrected chi connectivity index (χ4v) is 4.50. The summed E-state index contributed by atoms with van der Waals surface area (Å²) in [7, 11) is 0. The zero-order valence-corrected chi connectivity index (χ0v) is 18.3. The van der Waals surface area contributed by atoms with Crippen LogP contribution in [0.2, 0.25) is 0 Å². The Hall–Kier alpha value is -3.25. The number of hydrogen-bond donors (Lipinski definition) is 1. The molecule has 1 amide bonds. The number of benzene rings is 2. The Balaban J connectivity index is 1.57. The molecule has 4 aromatic rings. The van der Waals surface area contributed by atoms with Gasteiger partial charge in [-0.25, -0.2) is 9.97 Å². The lowest BCUT2D eigenvalue weighted by atomic mass is 10.0. The predicted octanol–water partition coefficient (Wildman–Crippen LogP) is 5.61.